The molecule has 0 aliphatic carbocycles. The molecular formula is C17H27FN2. The summed E-state index contributed by atoms with van der Waals surface area (Å²) in [5, 5.41) is 3.38. The van der Waals surface area contributed by atoms with E-state index < -0.39 is 0 Å². The predicted molar refractivity (Wildman–Crippen MR) is 83.6 cm³/mol. The highest BCUT2D eigenvalue weighted by atomic mass is 19.1. The number of halogens is 1. The molecule has 20 heavy (non-hydrogen) atoms. The number of hydrogen-bond donors (Lipinski definition) is 1. The summed E-state index contributed by atoms with van der Waals surface area (Å²) in [6.07, 6.45) is 4.90. The van der Waals surface area contributed by atoms with Crippen LogP contribution >= 0.6 is 0 Å². The normalized spacial score (nSPS) is 16.6. The molecule has 0 atom stereocenters. The second-order valence-corrected chi connectivity index (χ2v) is 5.79. The molecule has 1 fully saturated rings. The number of nitrogens with zero attached hydrogens (tertiary/aromatic N) is 1. The summed E-state index contributed by atoms with van der Waals surface area (Å²) in [5.74, 6) is 0.735. The van der Waals surface area contributed by atoms with Crippen molar-refractivity contribution in [1.29, 1.82) is 0 Å². The Kier molecular flexibility index (Phi) is 5.84. The molecule has 1 aromatic rings. The minimum atomic E-state index is -0.134. The summed E-state index contributed by atoms with van der Waals surface area (Å²) in [4.78, 5) is 2.43. The summed E-state index contributed by atoms with van der Waals surface area (Å²) >= 11 is 0. The van der Waals surface area contributed by atoms with Gasteiger partial charge in [-0.1, -0.05) is 20.3 Å². The van der Waals surface area contributed by atoms with Crippen LogP contribution in [-0.4, -0.2) is 19.6 Å². The third-order valence-electron chi connectivity index (χ3n) is 4.32. The number of benzene rings is 1. The van der Waals surface area contributed by atoms with Crippen LogP contribution in [0.5, 0.6) is 0 Å². The molecule has 2 nitrogen and oxygen atoms in total. The minimum Gasteiger partial charge on any atom is -0.371 e. The monoisotopic (exact) mass is 278 g/mol. The van der Waals surface area contributed by atoms with Gasteiger partial charge < -0.3 is 10.2 Å². The lowest BCUT2D eigenvalue weighted by Gasteiger charge is -2.34. The summed E-state index contributed by atoms with van der Waals surface area (Å²) < 4.78 is 13.5. The van der Waals surface area contributed by atoms with Crippen LogP contribution in [0.15, 0.2) is 18.2 Å². The third-order valence-corrected chi connectivity index (χ3v) is 4.32. The Morgan fingerprint density at radius 3 is 2.65 bits per heavy atom. The number of hydrogen-bond acceptors (Lipinski definition) is 2. The molecule has 0 unspecified atom stereocenters. The molecule has 1 aromatic carbocycles. The Balaban J connectivity index is 2.06. The highest BCUT2D eigenvalue weighted by Crippen LogP contribution is 2.28. The van der Waals surface area contributed by atoms with Crippen molar-refractivity contribution in [2.24, 2.45) is 5.92 Å². The minimum absolute atomic E-state index is 0.134. The maximum atomic E-state index is 13.5. The van der Waals surface area contributed by atoms with Crippen molar-refractivity contribution < 1.29 is 4.39 Å². The molecule has 0 amide bonds. The molecular weight excluding hydrogens is 251 g/mol. The van der Waals surface area contributed by atoms with E-state index in [2.05, 4.69) is 24.1 Å². The van der Waals surface area contributed by atoms with E-state index in [0.29, 0.717) is 0 Å². The first kappa shape index (κ1) is 15.3. The van der Waals surface area contributed by atoms with Gasteiger partial charge in [-0.25, -0.2) is 4.39 Å². The quantitative estimate of drug-likeness (QED) is 0.793. The van der Waals surface area contributed by atoms with Crippen molar-refractivity contribution in [3.05, 3.63) is 29.6 Å². The van der Waals surface area contributed by atoms with Gasteiger partial charge in [0.15, 0.2) is 0 Å². The van der Waals surface area contributed by atoms with Gasteiger partial charge in [0.2, 0.25) is 0 Å². The zero-order chi connectivity index (χ0) is 14.4. The van der Waals surface area contributed by atoms with Crippen molar-refractivity contribution in [1.82, 2.24) is 5.32 Å². The molecule has 3 heteroatoms. The van der Waals surface area contributed by atoms with E-state index in [-0.39, 0.29) is 5.82 Å². The standard InChI is InChI=1S/C17H27FN2/c1-3-9-19-13-15-12-16(18)5-6-17(15)20-10-7-14(4-2)8-11-20/h5-6,12,14,19H,3-4,7-11,13H2,1-2H3. The summed E-state index contributed by atoms with van der Waals surface area (Å²) in [6.45, 7) is 8.37. The van der Waals surface area contributed by atoms with Crippen LogP contribution in [0, 0.1) is 11.7 Å². The van der Waals surface area contributed by atoms with Crippen LogP contribution in [0.25, 0.3) is 0 Å². The first-order valence-corrected chi connectivity index (χ1v) is 7.98. The fourth-order valence-corrected chi connectivity index (χ4v) is 2.99. The lowest BCUT2D eigenvalue weighted by atomic mass is 9.93. The Morgan fingerprint density at radius 1 is 1.25 bits per heavy atom. The largest absolute Gasteiger partial charge is 0.371 e. The van der Waals surface area contributed by atoms with E-state index in [1.165, 1.54) is 24.9 Å². The summed E-state index contributed by atoms with van der Waals surface area (Å²) in [5.41, 5.74) is 2.30. The van der Waals surface area contributed by atoms with Crippen LogP contribution in [0.1, 0.15) is 45.1 Å². The third kappa shape index (κ3) is 3.95. The van der Waals surface area contributed by atoms with Crippen molar-refractivity contribution in [2.45, 2.75) is 46.1 Å². The zero-order valence-corrected chi connectivity index (χ0v) is 12.8. The number of rotatable bonds is 6. The molecule has 2 rings (SSSR count). The maximum Gasteiger partial charge on any atom is 0.123 e. The molecule has 1 N–H and O–H groups in total. The van der Waals surface area contributed by atoms with Crippen molar-refractivity contribution in [3.8, 4) is 0 Å². The molecule has 1 aliphatic heterocycles. The Bertz CT molecular complexity index is 411. The Hall–Kier alpha value is -1.09. The van der Waals surface area contributed by atoms with Crippen molar-refractivity contribution in [2.75, 3.05) is 24.5 Å². The van der Waals surface area contributed by atoms with Crippen LogP contribution in [0.2, 0.25) is 0 Å². The molecule has 1 aliphatic rings. The molecule has 1 saturated heterocycles. The van der Waals surface area contributed by atoms with Gasteiger partial charge in [0, 0.05) is 25.3 Å². The van der Waals surface area contributed by atoms with E-state index in [9.17, 15) is 4.39 Å². The average Bonchev–Trinajstić information content (AvgIpc) is 2.48. The molecule has 1 heterocycles. The summed E-state index contributed by atoms with van der Waals surface area (Å²) in [7, 11) is 0. The maximum absolute atomic E-state index is 13.5. The van der Waals surface area contributed by atoms with Crippen LogP contribution in [0.4, 0.5) is 10.1 Å². The first-order valence-electron chi connectivity index (χ1n) is 7.98. The smallest absolute Gasteiger partial charge is 0.123 e. The lowest BCUT2D eigenvalue weighted by molar-refractivity contribution is 0.394. The Labute approximate surface area is 122 Å². The first-order chi connectivity index (χ1) is 9.74. The van der Waals surface area contributed by atoms with E-state index >= 15 is 0 Å². The van der Waals surface area contributed by atoms with Crippen molar-refractivity contribution >= 4 is 5.69 Å². The topological polar surface area (TPSA) is 15.3 Å². The highest BCUT2D eigenvalue weighted by Gasteiger charge is 2.20. The van der Waals surface area contributed by atoms with Crippen LogP contribution in [0.3, 0.4) is 0 Å². The van der Waals surface area contributed by atoms with Crippen LogP contribution in [-0.2, 0) is 6.54 Å². The summed E-state index contributed by atoms with van der Waals surface area (Å²) in [6, 6.07) is 5.22. The predicted octanol–water partition coefficient (Wildman–Crippen LogP) is 3.95. The lowest BCUT2D eigenvalue weighted by Crippen LogP contribution is -2.34. The molecule has 112 valence electrons. The van der Waals surface area contributed by atoms with Gasteiger partial charge in [-0.15, -0.1) is 0 Å². The van der Waals surface area contributed by atoms with E-state index in [1.807, 2.05) is 6.07 Å². The molecule has 0 bridgehead atoms. The van der Waals surface area contributed by atoms with E-state index in [0.717, 1.165) is 44.1 Å². The molecule has 0 saturated carbocycles. The van der Waals surface area contributed by atoms with Gasteiger partial charge in [-0.3, -0.25) is 0 Å². The highest BCUT2D eigenvalue weighted by molar-refractivity contribution is 5.54. The van der Waals surface area contributed by atoms with Gasteiger partial charge in [0.25, 0.3) is 0 Å². The number of piperidine rings is 1. The van der Waals surface area contributed by atoms with Gasteiger partial charge >= 0.3 is 0 Å². The SMILES string of the molecule is CCCNCc1cc(F)ccc1N1CCC(CC)CC1. The van der Waals surface area contributed by atoms with Gasteiger partial charge in [0.05, 0.1) is 0 Å². The second-order valence-electron chi connectivity index (χ2n) is 5.79. The van der Waals surface area contributed by atoms with Gasteiger partial charge in [-0.2, -0.15) is 0 Å². The molecule has 0 aromatic heterocycles. The van der Waals surface area contributed by atoms with Crippen molar-refractivity contribution in [3.63, 3.8) is 0 Å². The van der Waals surface area contributed by atoms with Crippen LogP contribution < -0.4 is 10.2 Å². The number of anilines is 1. The number of nitrogens with one attached hydrogen (secondary N) is 1. The van der Waals surface area contributed by atoms with Gasteiger partial charge in [-0.05, 0) is 55.5 Å². The molecule has 0 radical (unpaired) electrons. The zero-order valence-electron chi connectivity index (χ0n) is 12.8. The van der Waals surface area contributed by atoms with E-state index in [1.54, 1.807) is 12.1 Å². The fourth-order valence-electron chi connectivity index (χ4n) is 2.99. The Morgan fingerprint density at radius 2 is 2.00 bits per heavy atom. The average molecular weight is 278 g/mol. The van der Waals surface area contributed by atoms with Gasteiger partial charge in [0.1, 0.15) is 5.82 Å². The fraction of sp³-hybridized carbons (Fsp3) is 0.647. The molecule has 0 spiro atoms. The van der Waals surface area contributed by atoms with E-state index in [4.69, 9.17) is 0 Å². The second kappa shape index (κ2) is 7.63.